The van der Waals surface area contributed by atoms with E-state index < -0.39 is 10.0 Å². The predicted molar refractivity (Wildman–Crippen MR) is 78.1 cm³/mol. The number of nitrogens with one attached hydrogen (secondary N) is 2. The topological polar surface area (TPSA) is 67.4 Å². The number of sulfonamides is 1. The first-order valence-electron chi connectivity index (χ1n) is 6.38. The van der Waals surface area contributed by atoms with Crippen LogP contribution >= 0.6 is 11.3 Å². The minimum atomic E-state index is -3.42. The van der Waals surface area contributed by atoms with E-state index in [-0.39, 0.29) is 0 Å². The molecule has 1 rings (SSSR count). The molecule has 5 nitrogen and oxygen atoms in total. The van der Waals surface area contributed by atoms with Crippen molar-refractivity contribution in [2.75, 3.05) is 26.3 Å². The van der Waals surface area contributed by atoms with Gasteiger partial charge in [-0.25, -0.2) is 13.1 Å². The second kappa shape index (κ2) is 7.96. The van der Waals surface area contributed by atoms with E-state index in [2.05, 4.69) is 10.0 Å². The van der Waals surface area contributed by atoms with Crippen LogP contribution in [0.3, 0.4) is 0 Å². The van der Waals surface area contributed by atoms with Crippen LogP contribution in [0.2, 0.25) is 0 Å². The van der Waals surface area contributed by atoms with Gasteiger partial charge in [0.1, 0.15) is 0 Å². The molecule has 1 aromatic rings. The van der Waals surface area contributed by atoms with Crippen molar-refractivity contribution >= 4 is 21.4 Å². The highest BCUT2D eigenvalue weighted by atomic mass is 32.2. The van der Waals surface area contributed by atoms with Crippen LogP contribution in [0.1, 0.15) is 23.6 Å². The molecule has 0 saturated heterocycles. The van der Waals surface area contributed by atoms with Crippen LogP contribution in [0.25, 0.3) is 0 Å². The standard InChI is InChI=1S/C12H22N2O3S2/c1-4-13-9-11-8-12(10(3)18-11)19(15,16)14-6-7-17-5-2/h8,13-14H,4-7,9H2,1-3H3. The van der Waals surface area contributed by atoms with Gasteiger partial charge in [-0.15, -0.1) is 11.3 Å². The molecule has 0 aliphatic carbocycles. The summed E-state index contributed by atoms with van der Waals surface area (Å²) in [6.45, 7) is 8.58. The quantitative estimate of drug-likeness (QED) is 0.678. The molecule has 0 spiro atoms. The first-order chi connectivity index (χ1) is 9.01. The highest BCUT2D eigenvalue weighted by Crippen LogP contribution is 2.25. The molecule has 0 fully saturated rings. The van der Waals surface area contributed by atoms with Crippen molar-refractivity contribution in [1.82, 2.24) is 10.0 Å². The van der Waals surface area contributed by atoms with Crippen molar-refractivity contribution in [3.05, 3.63) is 15.8 Å². The number of rotatable bonds is 9. The zero-order chi connectivity index (χ0) is 14.3. The van der Waals surface area contributed by atoms with Crippen molar-refractivity contribution in [2.45, 2.75) is 32.2 Å². The largest absolute Gasteiger partial charge is 0.380 e. The van der Waals surface area contributed by atoms with Crippen molar-refractivity contribution in [2.24, 2.45) is 0 Å². The fraction of sp³-hybridized carbons (Fsp3) is 0.667. The number of hydrogen-bond acceptors (Lipinski definition) is 5. The van der Waals surface area contributed by atoms with Gasteiger partial charge in [0.25, 0.3) is 0 Å². The van der Waals surface area contributed by atoms with Gasteiger partial charge in [-0.1, -0.05) is 6.92 Å². The Labute approximate surface area is 119 Å². The van der Waals surface area contributed by atoms with E-state index in [1.54, 1.807) is 6.07 Å². The van der Waals surface area contributed by atoms with Gasteiger partial charge in [-0.2, -0.15) is 0 Å². The third kappa shape index (κ3) is 5.19. The van der Waals surface area contributed by atoms with Crippen LogP contribution in [-0.2, 0) is 21.3 Å². The van der Waals surface area contributed by atoms with Gasteiger partial charge in [0.2, 0.25) is 10.0 Å². The number of hydrogen-bond donors (Lipinski definition) is 2. The molecular weight excluding hydrogens is 284 g/mol. The molecule has 1 aromatic heterocycles. The molecule has 0 unspecified atom stereocenters. The molecule has 19 heavy (non-hydrogen) atoms. The average Bonchev–Trinajstić information content (AvgIpc) is 2.74. The van der Waals surface area contributed by atoms with Gasteiger partial charge in [-0.05, 0) is 26.5 Å². The zero-order valence-corrected chi connectivity index (χ0v) is 13.3. The van der Waals surface area contributed by atoms with Crippen molar-refractivity contribution in [1.29, 1.82) is 0 Å². The molecule has 0 aromatic carbocycles. The minimum Gasteiger partial charge on any atom is -0.380 e. The van der Waals surface area contributed by atoms with Crippen LogP contribution in [0.15, 0.2) is 11.0 Å². The van der Waals surface area contributed by atoms with E-state index in [1.165, 1.54) is 11.3 Å². The summed E-state index contributed by atoms with van der Waals surface area (Å²) in [5, 5.41) is 3.19. The summed E-state index contributed by atoms with van der Waals surface area (Å²) in [5.41, 5.74) is 0. The molecule has 2 N–H and O–H groups in total. The van der Waals surface area contributed by atoms with Gasteiger partial charge in [0.05, 0.1) is 11.5 Å². The smallest absolute Gasteiger partial charge is 0.241 e. The minimum absolute atomic E-state index is 0.300. The Hall–Kier alpha value is -0.470. The Bertz CT molecular complexity index is 483. The third-order valence-corrected chi connectivity index (χ3v) is 5.27. The summed E-state index contributed by atoms with van der Waals surface area (Å²) in [5.74, 6) is 0. The molecule has 0 saturated carbocycles. The Kier molecular flexibility index (Phi) is 6.95. The van der Waals surface area contributed by atoms with E-state index in [4.69, 9.17) is 4.74 Å². The maximum Gasteiger partial charge on any atom is 0.241 e. The average molecular weight is 306 g/mol. The van der Waals surface area contributed by atoms with E-state index in [9.17, 15) is 8.42 Å². The maximum atomic E-state index is 12.1. The lowest BCUT2D eigenvalue weighted by Crippen LogP contribution is -2.27. The second-order valence-electron chi connectivity index (χ2n) is 4.01. The molecular formula is C12H22N2O3S2. The first-order valence-corrected chi connectivity index (χ1v) is 8.68. The lowest BCUT2D eigenvalue weighted by Gasteiger charge is -2.05. The van der Waals surface area contributed by atoms with Gasteiger partial charge in [-0.3, -0.25) is 0 Å². The van der Waals surface area contributed by atoms with E-state index >= 15 is 0 Å². The molecule has 0 amide bonds. The molecule has 110 valence electrons. The lowest BCUT2D eigenvalue weighted by molar-refractivity contribution is 0.153. The van der Waals surface area contributed by atoms with Crippen LogP contribution in [0.4, 0.5) is 0 Å². The van der Waals surface area contributed by atoms with E-state index in [0.29, 0.717) is 31.2 Å². The maximum absolute atomic E-state index is 12.1. The normalized spacial score (nSPS) is 11.9. The number of thiophene rings is 1. The molecule has 0 radical (unpaired) electrons. The SMILES string of the molecule is CCNCc1cc(S(=O)(=O)NCCOCC)c(C)s1. The van der Waals surface area contributed by atoms with Crippen molar-refractivity contribution in [3.8, 4) is 0 Å². The predicted octanol–water partition coefficient (Wildman–Crippen LogP) is 1.48. The van der Waals surface area contributed by atoms with Crippen LogP contribution in [0.5, 0.6) is 0 Å². The summed E-state index contributed by atoms with van der Waals surface area (Å²) in [6.07, 6.45) is 0. The van der Waals surface area contributed by atoms with Gasteiger partial charge in [0.15, 0.2) is 0 Å². The second-order valence-corrected chi connectivity index (χ2v) is 7.08. The highest BCUT2D eigenvalue weighted by Gasteiger charge is 2.19. The first kappa shape index (κ1) is 16.6. The molecule has 7 heteroatoms. The van der Waals surface area contributed by atoms with Gasteiger partial charge in [0, 0.05) is 29.5 Å². The Morgan fingerprint density at radius 2 is 2.11 bits per heavy atom. The highest BCUT2D eigenvalue weighted by molar-refractivity contribution is 7.89. The van der Waals surface area contributed by atoms with E-state index in [1.807, 2.05) is 20.8 Å². The number of ether oxygens (including phenoxy) is 1. The molecule has 0 aliphatic heterocycles. The summed E-state index contributed by atoms with van der Waals surface area (Å²) in [7, 11) is -3.42. The van der Waals surface area contributed by atoms with E-state index in [0.717, 1.165) is 16.3 Å². The Morgan fingerprint density at radius 3 is 2.74 bits per heavy atom. The Morgan fingerprint density at radius 1 is 1.37 bits per heavy atom. The summed E-state index contributed by atoms with van der Waals surface area (Å²) < 4.78 is 31.9. The van der Waals surface area contributed by atoms with Crippen LogP contribution in [-0.4, -0.2) is 34.7 Å². The molecule has 0 atom stereocenters. The fourth-order valence-corrected chi connectivity index (χ4v) is 4.21. The van der Waals surface area contributed by atoms with Crippen molar-refractivity contribution in [3.63, 3.8) is 0 Å². The number of aryl methyl sites for hydroxylation is 1. The van der Waals surface area contributed by atoms with Crippen LogP contribution < -0.4 is 10.0 Å². The summed E-state index contributed by atoms with van der Waals surface area (Å²) in [6, 6.07) is 1.74. The monoisotopic (exact) mass is 306 g/mol. The van der Waals surface area contributed by atoms with Crippen molar-refractivity contribution < 1.29 is 13.2 Å². The Balaban J connectivity index is 2.69. The molecule has 0 bridgehead atoms. The molecule has 1 heterocycles. The van der Waals surface area contributed by atoms with Gasteiger partial charge < -0.3 is 10.1 Å². The molecule has 0 aliphatic rings. The van der Waals surface area contributed by atoms with Crippen LogP contribution in [0, 0.1) is 6.92 Å². The lowest BCUT2D eigenvalue weighted by atomic mass is 10.4. The summed E-state index contributed by atoms with van der Waals surface area (Å²) >= 11 is 1.51. The fourth-order valence-electron chi connectivity index (χ4n) is 1.60. The summed E-state index contributed by atoms with van der Waals surface area (Å²) in [4.78, 5) is 2.23. The van der Waals surface area contributed by atoms with Gasteiger partial charge >= 0.3 is 0 Å². The zero-order valence-electron chi connectivity index (χ0n) is 11.7. The third-order valence-electron chi connectivity index (χ3n) is 2.50.